The number of rotatable bonds is 5. The zero-order chi connectivity index (χ0) is 20.8. The van der Waals surface area contributed by atoms with Crippen LogP contribution in [0.15, 0.2) is 41.3 Å². The molecule has 29 heavy (non-hydrogen) atoms. The molecular weight excluding hydrogens is 433 g/mol. The van der Waals surface area contributed by atoms with Gasteiger partial charge in [0.25, 0.3) is 0 Å². The van der Waals surface area contributed by atoms with Gasteiger partial charge in [-0.3, -0.25) is 4.90 Å². The summed E-state index contributed by atoms with van der Waals surface area (Å²) in [5, 5.41) is 11.0. The summed E-state index contributed by atoms with van der Waals surface area (Å²) >= 11 is 12.8. The zero-order valence-corrected chi connectivity index (χ0v) is 18.3. The van der Waals surface area contributed by atoms with Crippen LogP contribution < -0.4 is 4.74 Å². The molecule has 5 nitrogen and oxygen atoms in total. The van der Waals surface area contributed by atoms with Crippen LogP contribution in [-0.4, -0.2) is 49.9 Å². The van der Waals surface area contributed by atoms with Crippen LogP contribution >= 0.6 is 23.2 Å². The molecule has 1 saturated heterocycles. The summed E-state index contributed by atoms with van der Waals surface area (Å²) in [6.45, 7) is 0.999. The number of fused-ring (bicyclic) bond motifs is 1. The maximum atomic E-state index is 11.7. The number of aliphatic hydroxyl groups is 1. The van der Waals surface area contributed by atoms with Crippen LogP contribution in [0.25, 0.3) is 0 Å². The van der Waals surface area contributed by atoms with Gasteiger partial charge >= 0.3 is 0 Å². The van der Waals surface area contributed by atoms with Gasteiger partial charge in [-0.05, 0) is 67.8 Å². The maximum absolute atomic E-state index is 11.7. The van der Waals surface area contributed by atoms with Crippen LogP contribution in [0.5, 0.6) is 5.75 Å². The fourth-order valence-corrected chi connectivity index (χ4v) is 5.67. The molecule has 0 aromatic heterocycles. The number of aliphatic hydroxyl groups excluding tert-OH is 1. The molecule has 0 unspecified atom stereocenters. The Morgan fingerprint density at radius 2 is 1.93 bits per heavy atom. The number of hydrogen-bond acceptors (Lipinski definition) is 5. The first-order valence-corrected chi connectivity index (χ1v) is 12.2. The third-order valence-corrected chi connectivity index (χ3v) is 7.52. The second-order valence-corrected chi connectivity index (χ2v) is 10.6. The van der Waals surface area contributed by atoms with Crippen LogP contribution in [0.2, 0.25) is 10.0 Å². The number of benzene rings is 2. The number of nitrogens with zero attached hydrogens (tertiary/aromatic N) is 1. The minimum Gasteiger partial charge on any atom is -0.484 e. The average molecular weight is 456 g/mol. The summed E-state index contributed by atoms with van der Waals surface area (Å²) in [5.41, 5.74) is 1.96. The lowest BCUT2D eigenvalue weighted by Gasteiger charge is -2.34. The first-order chi connectivity index (χ1) is 13.8. The molecule has 1 aliphatic carbocycles. The molecule has 1 heterocycles. The highest BCUT2D eigenvalue weighted by Crippen LogP contribution is 2.44. The summed E-state index contributed by atoms with van der Waals surface area (Å²) in [5.74, 6) is 0.580. The maximum Gasteiger partial charge on any atom is 0.175 e. The summed E-state index contributed by atoms with van der Waals surface area (Å²) < 4.78 is 29.8. The highest BCUT2D eigenvalue weighted by molar-refractivity contribution is 7.90. The normalized spacial score (nSPS) is 24.6. The molecule has 1 aliphatic heterocycles. The van der Waals surface area contributed by atoms with E-state index in [-0.39, 0.29) is 29.7 Å². The molecule has 0 bridgehead atoms. The Kier molecular flexibility index (Phi) is 5.84. The zero-order valence-electron chi connectivity index (χ0n) is 16.0. The van der Waals surface area contributed by atoms with Crippen molar-refractivity contribution in [3.8, 4) is 5.75 Å². The first-order valence-electron chi connectivity index (χ1n) is 9.59. The Balaban J connectivity index is 1.69. The van der Waals surface area contributed by atoms with Crippen molar-refractivity contribution in [2.45, 2.75) is 42.3 Å². The fourth-order valence-electron chi connectivity index (χ4n) is 4.45. The van der Waals surface area contributed by atoms with Gasteiger partial charge in [-0.15, -0.1) is 0 Å². The molecular formula is C21H23Cl2NO4S. The molecule has 2 aliphatic rings. The van der Waals surface area contributed by atoms with Gasteiger partial charge < -0.3 is 9.84 Å². The monoisotopic (exact) mass is 455 g/mol. The quantitative estimate of drug-likeness (QED) is 0.740. The molecule has 1 N–H and O–H groups in total. The van der Waals surface area contributed by atoms with Crippen molar-refractivity contribution >= 4 is 33.0 Å². The van der Waals surface area contributed by atoms with Crippen molar-refractivity contribution in [3.05, 3.63) is 57.6 Å². The van der Waals surface area contributed by atoms with Crippen molar-refractivity contribution in [3.63, 3.8) is 0 Å². The molecule has 2 aromatic rings. The van der Waals surface area contributed by atoms with Crippen LogP contribution in [0.3, 0.4) is 0 Å². The molecule has 0 amide bonds. The van der Waals surface area contributed by atoms with Crippen LogP contribution in [0.4, 0.5) is 0 Å². The van der Waals surface area contributed by atoms with Crippen LogP contribution in [0, 0.1) is 0 Å². The van der Waals surface area contributed by atoms with Gasteiger partial charge in [0.15, 0.2) is 9.84 Å². The van der Waals surface area contributed by atoms with E-state index in [0.29, 0.717) is 22.2 Å². The van der Waals surface area contributed by atoms with Crippen LogP contribution in [0.1, 0.15) is 30.1 Å². The lowest BCUT2D eigenvalue weighted by molar-refractivity contribution is 0.0498. The standard InChI is InChI=1S/C21H23Cl2NO4S/c1-29(26,27)16-6-4-15(5-7-16)28-21-18-9-13(22)10-19(23)17(18)11-20(21)24-8-2-3-14(24)12-25/h4-7,9-10,14,20-21,25H,2-3,8,11-12H2,1H3/t14-,20-,21+/m0/s1. The summed E-state index contributed by atoms with van der Waals surface area (Å²) in [6, 6.07) is 10.2. The highest BCUT2D eigenvalue weighted by atomic mass is 35.5. The van der Waals surface area contributed by atoms with Gasteiger partial charge in [0.2, 0.25) is 0 Å². The lowest BCUT2D eigenvalue weighted by atomic mass is 10.1. The Bertz CT molecular complexity index is 1010. The van der Waals surface area contributed by atoms with E-state index in [1.54, 1.807) is 30.3 Å². The number of hydrogen-bond donors (Lipinski definition) is 1. The Morgan fingerprint density at radius 3 is 2.59 bits per heavy atom. The number of likely N-dealkylation sites (tertiary alicyclic amines) is 1. The van der Waals surface area contributed by atoms with E-state index < -0.39 is 9.84 Å². The summed E-state index contributed by atoms with van der Waals surface area (Å²) in [4.78, 5) is 2.55. The molecule has 156 valence electrons. The lowest BCUT2D eigenvalue weighted by Crippen LogP contribution is -2.44. The van der Waals surface area contributed by atoms with E-state index in [4.69, 9.17) is 27.9 Å². The largest absolute Gasteiger partial charge is 0.484 e. The van der Waals surface area contributed by atoms with Gasteiger partial charge in [-0.1, -0.05) is 23.2 Å². The Morgan fingerprint density at radius 1 is 1.21 bits per heavy atom. The van der Waals surface area contributed by atoms with E-state index in [1.807, 2.05) is 6.07 Å². The van der Waals surface area contributed by atoms with Crippen LogP contribution in [-0.2, 0) is 16.3 Å². The molecule has 8 heteroatoms. The molecule has 0 radical (unpaired) electrons. The number of ether oxygens (including phenoxy) is 1. The van der Waals surface area contributed by atoms with E-state index in [1.165, 1.54) is 6.26 Å². The second-order valence-electron chi connectivity index (χ2n) is 7.73. The summed E-state index contributed by atoms with van der Waals surface area (Å²) in [6.07, 6.45) is 3.57. The van der Waals surface area contributed by atoms with Crippen molar-refractivity contribution < 1.29 is 18.3 Å². The SMILES string of the molecule is CS(=O)(=O)c1ccc(O[C@@H]2c3cc(Cl)cc(Cl)c3C[C@@H]2N2CCC[C@H]2CO)cc1. The molecule has 0 spiro atoms. The highest BCUT2D eigenvalue weighted by Gasteiger charge is 2.43. The number of halogens is 2. The molecule has 0 saturated carbocycles. The molecule has 4 rings (SSSR count). The predicted molar refractivity (Wildman–Crippen MR) is 114 cm³/mol. The van der Waals surface area contributed by atoms with Gasteiger partial charge in [0, 0.05) is 27.9 Å². The first kappa shape index (κ1) is 20.9. The van der Waals surface area contributed by atoms with E-state index >= 15 is 0 Å². The van der Waals surface area contributed by atoms with E-state index in [9.17, 15) is 13.5 Å². The molecule has 1 fully saturated rings. The molecule has 3 atom stereocenters. The number of sulfone groups is 1. The minimum atomic E-state index is -3.27. The minimum absolute atomic E-state index is 0.0233. The van der Waals surface area contributed by atoms with Gasteiger partial charge in [-0.2, -0.15) is 0 Å². The van der Waals surface area contributed by atoms with Gasteiger partial charge in [-0.25, -0.2) is 8.42 Å². The predicted octanol–water partition coefficient (Wildman–Crippen LogP) is 3.90. The van der Waals surface area contributed by atoms with Crippen molar-refractivity contribution in [1.29, 1.82) is 0 Å². The fraction of sp³-hybridized carbons (Fsp3) is 0.429. The second kappa shape index (κ2) is 8.08. The van der Waals surface area contributed by atoms with Gasteiger partial charge in [0.05, 0.1) is 17.5 Å². The summed E-state index contributed by atoms with van der Waals surface area (Å²) in [7, 11) is -3.27. The Labute approximate surface area is 181 Å². The third kappa shape index (κ3) is 4.14. The van der Waals surface area contributed by atoms with Gasteiger partial charge in [0.1, 0.15) is 11.9 Å². The Hall–Kier alpha value is -1.31. The van der Waals surface area contributed by atoms with Crippen molar-refractivity contribution in [1.82, 2.24) is 4.90 Å². The third-order valence-electron chi connectivity index (χ3n) is 5.84. The topological polar surface area (TPSA) is 66.8 Å². The van der Waals surface area contributed by atoms with E-state index in [2.05, 4.69) is 4.90 Å². The van der Waals surface area contributed by atoms with Crippen molar-refractivity contribution in [2.24, 2.45) is 0 Å². The smallest absolute Gasteiger partial charge is 0.175 e. The van der Waals surface area contributed by atoms with Crippen molar-refractivity contribution in [2.75, 3.05) is 19.4 Å². The average Bonchev–Trinajstić information content (AvgIpc) is 3.26. The molecule has 2 aromatic carbocycles. The van der Waals surface area contributed by atoms with E-state index in [0.717, 1.165) is 30.5 Å².